The van der Waals surface area contributed by atoms with Crippen molar-refractivity contribution < 1.29 is 0 Å². The molecule has 2 rings (SSSR count). The van der Waals surface area contributed by atoms with Gasteiger partial charge in [-0.1, -0.05) is 39.7 Å². The summed E-state index contributed by atoms with van der Waals surface area (Å²) in [7, 11) is 2.07. The van der Waals surface area contributed by atoms with E-state index in [2.05, 4.69) is 51.1 Å². The minimum Gasteiger partial charge on any atom is -0.374 e. The van der Waals surface area contributed by atoms with Crippen LogP contribution >= 0.6 is 27.5 Å². The molecule has 0 aliphatic heterocycles. The molecular weight excluding hydrogens is 324 g/mol. The average molecular weight is 340 g/mol. The van der Waals surface area contributed by atoms with E-state index < -0.39 is 0 Å². The minimum absolute atomic E-state index is 0.782. The van der Waals surface area contributed by atoms with Gasteiger partial charge in [-0.25, -0.2) is 0 Å². The van der Waals surface area contributed by atoms with Crippen LogP contribution in [0.2, 0.25) is 5.02 Å². The first kappa shape index (κ1) is 14.4. The maximum Gasteiger partial charge on any atom is 0.0467 e. The SMILES string of the molecule is CN(CCc1ccccn1)c1ccc(CBr)c(Cl)c1. The molecule has 0 bridgehead atoms. The van der Waals surface area contributed by atoms with Crippen molar-refractivity contribution in [1.29, 1.82) is 0 Å². The van der Waals surface area contributed by atoms with Crippen LogP contribution in [0.1, 0.15) is 11.3 Å². The number of likely N-dealkylation sites (N-methyl/N-ethyl adjacent to an activating group) is 1. The molecule has 0 radical (unpaired) electrons. The molecule has 2 nitrogen and oxygen atoms in total. The lowest BCUT2D eigenvalue weighted by Crippen LogP contribution is -2.20. The molecule has 0 N–H and O–H groups in total. The Kier molecular flexibility index (Phi) is 5.23. The van der Waals surface area contributed by atoms with E-state index in [4.69, 9.17) is 11.6 Å². The number of alkyl halides is 1. The van der Waals surface area contributed by atoms with Crippen LogP contribution in [0.3, 0.4) is 0 Å². The van der Waals surface area contributed by atoms with E-state index in [0.717, 1.165) is 40.3 Å². The number of aromatic nitrogens is 1. The summed E-state index contributed by atoms with van der Waals surface area (Å²) < 4.78 is 0. The van der Waals surface area contributed by atoms with E-state index in [1.165, 1.54) is 0 Å². The highest BCUT2D eigenvalue weighted by molar-refractivity contribution is 9.08. The van der Waals surface area contributed by atoms with Crippen LogP contribution in [0.15, 0.2) is 42.6 Å². The van der Waals surface area contributed by atoms with Crippen LogP contribution in [-0.4, -0.2) is 18.6 Å². The molecule has 2 aromatic rings. The second kappa shape index (κ2) is 6.92. The third kappa shape index (κ3) is 3.95. The summed E-state index contributed by atoms with van der Waals surface area (Å²) in [6.45, 7) is 0.918. The fourth-order valence-electron chi connectivity index (χ4n) is 1.84. The standard InChI is InChI=1S/C15H16BrClN2/c1-19(9-7-13-4-2-3-8-18-13)14-6-5-12(11-16)15(17)10-14/h2-6,8,10H,7,9,11H2,1H3. The Morgan fingerprint density at radius 1 is 1.26 bits per heavy atom. The summed E-state index contributed by atoms with van der Waals surface area (Å²) in [5.41, 5.74) is 3.35. The van der Waals surface area contributed by atoms with Gasteiger partial charge in [0, 0.05) is 47.9 Å². The van der Waals surface area contributed by atoms with Crippen molar-refractivity contribution in [2.24, 2.45) is 0 Å². The monoisotopic (exact) mass is 338 g/mol. The van der Waals surface area contributed by atoms with Gasteiger partial charge in [0.2, 0.25) is 0 Å². The molecule has 100 valence electrons. The highest BCUT2D eigenvalue weighted by atomic mass is 79.9. The zero-order valence-electron chi connectivity index (χ0n) is 10.8. The normalized spacial score (nSPS) is 10.5. The number of hydrogen-bond donors (Lipinski definition) is 0. The number of pyridine rings is 1. The lowest BCUT2D eigenvalue weighted by molar-refractivity contribution is 0.852. The minimum atomic E-state index is 0.782. The van der Waals surface area contributed by atoms with Crippen LogP contribution < -0.4 is 4.90 Å². The topological polar surface area (TPSA) is 16.1 Å². The summed E-state index contributed by atoms with van der Waals surface area (Å²) in [5.74, 6) is 0. The molecule has 0 saturated heterocycles. The largest absolute Gasteiger partial charge is 0.374 e. The first-order valence-corrected chi connectivity index (χ1v) is 7.66. The lowest BCUT2D eigenvalue weighted by Gasteiger charge is -2.20. The van der Waals surface area contributed by atoms with E-state index >= 15 is 0 Å². The van der Waals surface area contributed by atoms with Crippen molar-refractivity contribution in [3.05, 3.63) is 58.9 Å². The fourth-order valence-corrected chi connectivity index (χ4v) is 2.73. The number of rotatable bonds is 5. The van der Waals surface area contributed by atoms with Crippen molar-refractivity contribution in [1.82, 2.24) is 4.98 Å². The molecule has 0 amide bonds. The van der Waals surface area contributed by atoms with Crippen LogP contribution in [-0.2, 0) is 11.8 Å². The van der Waals surface area contributed by atoms with Gasteiger partial charge in [-0.05, 0) is 29.8 Å². The van der Waals surface area contributed by atoms with Crippen molar-refractivity contribution in [3.8, 4) is 0 Å². The van der Waals surface area contributed by atoms with Gasteiger partial charge in [-0.2, -0.15) is 0 Å². The molecule has 4 heteroatoms. The van der Waals surface area contributed by atoms with Gasteiger partial charge in [0.25, 0.3) is 0 Å². The predicted molar refractivity (Wildman–Crippen MR) is 85.3 cm³/mol. The third-order valence-corrected chi connectivity index (χ3v) is 4.01. The number of anilines is 1. The van der Waals surface area contributed by atoms with E-state index in [0.29, 0.717) is 0 Å². The van der Waals surface area contributed by atoms with E-state index in [-0.39, 0.29) is 0 Å². The summed E-state index contributed by atoms with van der Waals surface area (Å²) in [4.78, 5) is 6.52. The number of hydrogen-bond acceptors (Lipinski definition) is 2. The Balaban J connectivity index is 2.00. The molecule has 0 saturated carbocycles. The van der Waals surface area contributed by atoms with Crippen molar-refractivity contribution >= 4 is 33.2 Å². The number of nitrogens with zero attached hydrogens (tertiary/aromatic N) is 2. The van der Waals surface area contributed by atoms with Gasteiger partial charge in [-0.15, -0.1) is 0 Å². The van der Waals surface area contributed by atoms with Crippen LogP contribution in [0.4, 0.5) is 5.69 Å². The predicted octanol–water partition coefficient (Wildman–Crippen LogP) is 4.31. The summed E-state index contributed by atoms with van der Waals surface area (Å²) in [5, 5.41) is 1.59. The van der Waals surface area contributed by atoms with Gasteiger partial charge >= 0.3 is 0 Å². The zero-order valence-corrected chi connectivity index (χ0v) is 13.2. The van der Waals surface area contributed by atoms with Gasteiger partial charge in [0.15, 0.2) is 0 Å². The van der Waals surface area contributed by atoms with Crippen LogP contribution in [0, 0.1) is 0 Å². The van der Waals surface area contributed by atoms with Gasteiger partial charge in [0.05, 0.1) is 0 Å². The Bertz CT molecular complexity index is 531. The molecule has 0 aliphatic rings. The average Bonchev–Trinajstić information content (AvgIpc) is 2.45. The van der Waals surface area contributed by atoms with Gasteiger partial charge in [0.1, 0.15) is 0 Å². The van der Waals surface area contributed by atoms with E-state index in [9.17, 15) is 0 Å². The summed E-state index contributed by atoms with van der Waals surface area (Å²) in [6, 6.07) is 12.2. The molecule has 1 heterocycles. The molecular formula is C15H16BrClN2. The first-order valence-electron chi connectivity index (χ1n) is 6.16. The molecule has 1 aromatic heterocycles. The van der Waals surface area contributed by atoms with Crippen molar-refractivity contribution in [2.75, 3.05) is 18.5 Å². The van der Waals surface area contributed by atoms with Crippen molar-refractivity contribution in [2.45, 2.75) is 11.8 Å². The quantitative estimate of drug-likeness (QED) is 0.755. The maximum absolute atomic E-state index is 6.22. The Hall–Kier alpha value is -1.06. The second-order valence-corrected chi connectivity index (χ2v) is 5.37. The molecule has 1 aromatic carbocycles. The summed E-state index contributed by atoms with van der Waals surface area (Å²) in [6.07, 6.45) is 2.76. The Morgan fingerprint density at radius 3 is 2.74 bits per heavy atom. The van der Waals surface area contributed by atoms with Gasteiger partial charge < -0.3 is 4.90 Å². The van der Waals surface area contributed by atoms with Gasteiger partial charge in [-0.3, -0.25) is 4.98 Å². The Labute approximate surface area is 127 Å². The summed E-state index contributed by atoms with van der Waals surface area (Å²) >= 11 is 9.65. The van der Waals surface area contributed by atoms with Crippen molar-refractivity contribution in [3.63, 3.8) is 0 Å². The first-order chi connectivity index (χ1) is 9.20. The number of halogens is 2. The second-order valence-electron chi connectivity index (χ2n) is 4.40. The molecule has 0 fully saturated rings. The third-order valence-electron chi connectivity index (χ3n) is 3.05. The molecule has 0 aliphatic carbocycles. The zero-order chi connectivity index (χ0) is 13.7. The van der Waals surface area contributed by atoms with Crippen LogP contribution in [0.5, 0.6) is 0 Å². The highest BCUT2D eigenvalue weighted by Crippen LogP contribution is 2.24. The lowest BCUT2D eigenvalue weighted by atomic mass is 10.2. The smallest absolute Gasteiger partial charge is 0.0467 e. The molecule has 0 spiro atoms. The highest BCUT2D eigenvalue weighted by Gasteiger charge is 2.05. The Morgan fingerprint density at radius 2 is 2.11 bits per heavy atom. The van der Waals surface area contributed by atoms with E-state index in [1.807, 2.05) is 24.4 Å². The van der Waals surface area contributed by atoms with Crippen LogP contribution in [0.25, 0.3) is 0 Å². The fraction of sp³-hybridized carbons (Fsp3) is 0.267. The molecule has 0 atom stereocenters. The molecule has 0 unspecified atom stereocenters. The van der Waals surface area contributed by atoms with E-state index in [1.54, 1.807) is 0 Å². The molecule has 19 heavy (non-hydrogen) atoms. The maximum atomic E-state index is 6.22. The number of benzene rings is 1.